The fourth-order valence-corrected chi connectivity index (χ4v) is 2.59. The van der Waals surface area contributed by atoms with Crippen molar-refractivity contribution >= 4 is 22.4 Å². The molecule has 2 aromatic heterocycles. The second-order valence-electron chi connectivity index (χ2n) is 5.25. The molecule has 2 rings (SSSR count). The van der Waals surface area contributed by atoms with E-state index in [4.69, 9.17) is 0 Å². The number of nitrogens with one attached hydrogen (secondary N) is 2. The molecule has 0 unspecified atom stereocenters. The summed E-state index contributed by atoms with van der Waals surface area (Å²) < 4.78 is 1.91. The lowest BCUT2D eigenvalue weighted by atomic mass is 10.2. The normalized spacial score (nSPS) is 13.9. The third-order valence-corrected chi connectivity index (χ3v) is 4.20. The molecule has 0 bridgehead atoms. The van der Waals surface area contributed by atoms with Crippen molar-refractivity contribution in [2.75, 3.05) is 11.9 Å². The molecule has 2 atom stereocenters. The van der Waals surface area contributed by atoms with Gasteiger partial charge in [-0.1, -0.05) is 0 Å². The first-order valence-corrected chi connectivity index (χ1v) is 7.80. The van der Waals surface area contributed by atoms with Gasteiger partial charge in [0, 0.05) is 17.6 Å². The van der Waals surface area contributed by atoms with Crippen LogP contribution in [-0.2, 0) is 4.79 Å². The number of aryl methyl sites for hydroxylation is 2. The Balaban J connectivity index is 1.80. The first-order chi connectivity index (χ1) is 9.95. The zero-order valence-electron chi connectivity index (χ0n) is 12.8. The number of anilines is 1. The minimum atomic E-state index is -0.0833. The smallest absolute Gasteiger partial charge is 0.240 e. The van der Waals surface area contributed by atoms with Crippen LogP contribution in [0.25, 0.3) is 0 Å². The zero-order valence-corrected chi connectivity index (χ0v) is 13.6. The number of hydrogen-bond acceptors (Lipinski definition) is 5. The van der Waals surface area contributed by atoms with Crippen LogP contribution in [0.1, 0.15) is 31.1 Å². The van der Waals surface area contributed by atoms with Gasteiger partial charge in [-0.3, -0.25) is 9.48 Å². The Morgan fingerprint density at radius 3 is 2.76 bits per heavy atom. The van der Waals surface area contributed by atoms with E-state index in [1.807, 2.05) is 43.2 Å². The van der Waals surface area contributed by atoms with Gasteiger partial charge in [0.05, 0.1) is 24.5 Å². The largest absolute Gasteiger partial charge is 0.304 e. The van der Waals surface area contributed by atoms with Crippen molar-refractivity contribution in [3.8, 4) is 0 Å². The second kappa shape index (κ2) is 6.82. The van der Waals surface area contributed by atoms with E-state index in [9.17, 15) is 4.79 Å². The van der Waals surface area contributed by atoms with Crippen molar-refractivity contribution < 1.29 is 4.79 Å². The van der Waals surface area contributed by atoms with E-state index in [0.717, 1.165) is 11.3 Å². The molecule has 7 heteroatoms. The van der Waals surface area contributed by atoms with Crippen molar-refractivity contribution in [1.82, 2.24) is 20.1 Å². The van der Waals surface area contributed by atoms with Gasteiger partial charge in [0.2, 0.25) is 5.91 Å². The maximum Gasteiger partial charge on any atom is 0.240 e. The van der Waals surface area contributed by atoms with Gasteiger partial charge < -0.3 is 10.6 Å². The standard InChI is InChI=1S/C14H21N5OS/c1-9-5-16-19(7-9)12(4)11(3)15-6-13(20)18-14-17-10(2)8-21-14/h5,7-8,11-12,15H,6H2,1-4H3,(H,17,18,20)/t11-,12-/m1/s1. The fourth-order valence-electron chi connectivity index (χ4n) is 1.88. The van der Waals surface area contributed by atoms with E-state index in [1.165, 1.54) is 11.3 Å². The van der Waals surface area contributed by atoms with Crippen LogP contribution in [0.2, 0.25) is 0 Å². The number of aromatic nitrogens is 3. The number of carbonyl (C=O) groups excluding carboxylic acids is 1. The van der Waals surface area contributed by atoms with Crippen molar-refractivity contribution in [3.63, 3.8) is 0 Å². The van der Waals surface area contributed by atoms with Gasteiger partial charge in [-0.2, -0.15) is 5.10 Å². The first kappa shape index (κ1) is 15.7. The summed E-state index contributed by atoms with van der Waals surface area (Å²) >= 11 is 1.43. The lowest BCUT2D eigenvalue weighted by Crippen LogP contribution is -2.39. The Hall–Kier alpha value is -1.73. The zero-order chi connectivity index (χ0) is 15.4. The molecule has 0 fully saturated rings. The fraction of sp³-hybridized carbons (Fsp3) is 0.500. The highest BCUT2D eigenvalue weighted by Gasteiger charge is 2.15. The van der Waals surface area contributed by atoms with Gasteiger partial charge in [0.25, 0.3) is 0 Å². The van der Waals surface area contributed by atoms with E-state index < -0.39 is 0 Å². The molecule has 2 N–H and O–H groups in total. The summed E-state index contributed by atoms with van der Waals surface area (Å²) in [6, 6.07) is 0.307. The monoisotopic (exact) mass is 307 g/mol. The SMILES string of the molecule is Cc1cnn([C@H](C)[C@@H](C)NCC(=O)Nc2nc(C)cs2)c1. The van der Waals surface area contributed by atoms with Crippen LogP contribution in [0.4, 0.5) is 5.13 Å². The maximum atomic E-state index is 11.9. The molecule has 6 nitrogen and oxygen atoms in total. The molecule has 0 aliphatic rings. The quantitative estimate of drug-likeness (QED) is 0.857. The number of nitrogens with zero attached hydrogens (tertiary/aromatic N) is 3. The molecule has 0 saturated carbocycles. The van der Waals surface area contributed by atoms with E-state index in [0.29, 0.717) is 5.13 Å². The van der Waals surface area contributed by atoms with Crippen LogP contribution >= 0.6 is 11.3 Å². The number of amides is 1. The molecule has 0 spiro atoms. The molecule has 0 radical (unpaired) electrons. The van der Waals surface area contributed by atoms with Crippen LogP contribution in [0.15, 0.2) is 17.8 Å². The highest BCUT2D eigenvalue weighted by Crippen LogP contribution is 2.14. The Morgan fingerprint density at radius 1 is 1.43 bits per heavy atom. The lowest BCUT2D eigenvalue weighted by Gasteiger charge is -2.21. The van der Waals surface area contributed by atoms with Crippen molar-refractivity contribution in [2.24, 2.45) is 0 Å². The van der Waals surface area contributed by atoms with Crippen LogP contribution < -0.4 is 10.6 Å². The molecule has 0 aromatic carbocycles. The minimum absolute atomic E-state index is 0.0833. The minimum Gasteiger partial charge on any atom is -0.304 e. The average Bonchev–Trinajstić information content (AvgIpc) is 3.04. The Kier molecular flexibility index (Phi) is 5.08. The summed E-state index contributed by atoms with van der Waals surface area (Å²) in [5.41, 5.74) is 2.05. The molecule has 2 aromatic rings. The molecule has 1 amide bonds. The predicted octanol–water partition coefficient (Wildman–Crippen LogP) is 2.13. The summed E-state index contributed by atoms with van der Waals surface area (Å²) in [7, 11) is 0. The van der Waals surface area contributed by atoms with Gasteiger partial charge in [-0.05, 0) is 33.3 Å². The summed E-state index contributed by atoms with van der Waals surface area (Å²) in [5.74, 6) is -0.0833. The molecule has 0 aliphatic heterocycles. The Labute approximate surface area is 128 Å². The molecule has 2 heterocycles. The maximum absolute atomic E-state index is 11.9. The van der Waals surface area contributed by atoms with Crippen molar-refractivity contribution in [1.29, 1.82) is 0 Å². The van der Waals surface area contributed by atoms with E-state index in [-0.39, 0.29) is 24.5 Å². The molecule has 114 valence electrons. The average molecular weight is 307 g/mol. The lowest BCUT2D eigenvalue weighted by molar-refractivity contribution is -0.115. The Bertz CT molecular complexity index is 606. The summed E-state index contributed by atoms with van der Waals surface area (Å²) in [5, 5.41) is 12.9. The van der Waals surface area contributed by atoms with Gasteiger partial charge in [0.15, 0.2) is 5.13 Å². The number of carbonyl (C=O) groups is 1. The molecule has 0 aliphatic carbocycles. The predicted molar refractivity (Wildman–Crippen MR) is 84.6 cm³/mol. The molecule has 21 heavy (non-hydrogen) atoms. The van der Waals surface area contributed by atoms with E-state index in [1.54, 1.807) is 0 Å². The van der Waals surface area contributed by atoms with Gasteiger partial charge in [-0.25, -0.2) is 4.98 Å². The number of rotatable bonds is 6. The van der Waals surface area contributed by atoms with Crippen molar-refractivity contribution in [3.05, 3.63) is 29.0 Å². The first-order valence-electron chi connectivity index (χ1n) is 6.92. The van der Waals surface area contributed by atoms with E-state index >= 15 is 0 Å². The molecular formula is C14H21N5OS. The number of thiazole rings is 1. The number of hydrogen-bond donors (Lipinski definition) is 2. The van der Waals surface area contributed by atoms with Crippen molar-refractivity contribution in [2.45, 2.75) is 39.8 Å². The van der Waals surface area contributed by atoms with Crippen LogP contribution in [0.3, 0.4) is 0 Å². The van der Waals surface area contributed by atoms with E-state index in [2.05, 4.69) is 27.6 Å². The highest BCUT2D eigenvalue weighted by atomic mass is 32.1. The summed E-state index contributed by atoms with van der Waals surface area (Å²) in [6.45, 7) is 8.29. The third kappa shape index (κ3) is 4.37. The molecular weight excluding hydrogens is 286 g/mol. The van der Waals surface area contributed by atoms with Gasteiger partial charge in [-0.15, -0.1) is 11.3 Å². The molecule has 0 saturated heterocycles. The van der Waals surface area contributed by atoms with Crippen LogP contribution in [0, 0.1) is 13.8 Å². The van der Waals surface area contributed by atoms with Crippen LogP contribution in [-0.4, -0.2) is 33.3 Å². The van der Waals surface area contributed by atoms with Crippen LogP contribution in [0.5, 0.6) is 0 Å². The van der Waals surface area contributed by atoms with Gasteiger partial charge >= 0.3 is 0 Å². The third-order valence-electron chi connectivity index (χ3n) is 3.32. The van der Waals surface area contributed by atoms with Gasteiger partial charge in [0.1, 0.15) is 0 Å². The summed E-state index contributed by atoms with van der Waals surface area (Å²) in [6.07, 6.45) is 3.84. The Morgan fingerprint density at radius 2 is 2.19 bits per heavy atom. The second-order valence-corrected chi connectivity index (χ2v) is 6.11. The highest BCUT2D eigenvalue weighted by molar-refractivity contribution is 7.13. The summed E-state index contributed by atoms with van der Waals surface area (Å²) in [4.78, 5) is 16.1. The topological polar surface area (TPSA) is 71.8 Å².